The molecule has 9 heavy (non-hydrogen) atoms. The predicted molar refractivity (Wildman–Crippen MR) is 40.4 cm³/mol. The maximum Gasteiger partial charge on any atom is 0.0300 e. The van der Waals surface area contributed by atoms with E-state index >= 15 is 0 Å². The van der Waals surface area contributed by atoms with Gasteiger partial charge in [0.25, 0.3) is 0 Å². The summed E-state index contributed by atoms with van der Waals surface area (Å²) in [4.78, 5) is 0. The molecule has 0 aromatic carbocycles. The second-order valence-corrected chi connectivity index (χ2v) is 3.08. The van der Waals surface area contributed by atoms with Crippen molar-refractivity contribution in [3.8, 4) is 0 Å². The maximum atomic E-state index is 3.99. The first-order valence-corrected chi connectivity index (χ1v) is 3.63. The molecule has 1 N–H and O–H groups in total. The van der Waals surface area contributed by atoms with E-state index in [-0.39, 0.29) is 0 Å². The van der Waals surface area contributed by atoms with E-state index in [9.17, 15) is 0 Å². The average Bonchev–Trinajstić information content (AvgIpc) is 2.13. The first kappa shape index (κ1) is 6.81. The minimum absolute atomic E-state index is 0.588. The molecular formula is C8H15N. The van der Waals surface area contributed by atoms with Crippen LogP contribution < -0.4 is 5.32 Å². The van der Waals surface area contributed by atoms with Crippen molar-refractivity contribution in [2.45, 2.75) is 26.3 Å². The van der Waals surface area contributed by atoms with E-state index in [1.54, 1.807) is 0 Å². The molecule has 1 aliphatic heterocycles. The highest BCUT2D eigenvalue weighted by Gasteiger charge is 2.20. The maximum absolute atomic E-state index is 3.99. The Bertz CT molecular complexity index is 116. The van der Waals surface area contributed by atoms with Crippen LogP contribution in [0.1, 0.15) is 20.3 Å². The second-order valence-electron chi connectivity index (χ2n) is 3.08. The zero-order chi connectivity index (χ0) is 6.85. The standard InChI is InChI=1S/C8H15N/c1-6(2)8-7(3)4-5-9-8/h6,8-9H,3-5H2,1-2H3/t8-/m1/s1. The average molecular weight is 125 g/mol. The van der Waals surface area contributed by atoms with Crippen LogP contribution in [0.5, 0.6) is 0 Å². The van der Waals surface area contributed by atoms with Crippen LogP contribution in [-0.4, -0.2) is 12.6 Å². The molecule has 1 atom stereocenters. The number of rotatable bonds is 1. The van der Waals surface area contributed by atoms with Gasteiger partial charge in [0, 0.05) is 6.04 Å². The van der Waals surface area contributed by atoms with Gasteiger partial charge in [-0.3, -0.25) is 0 Å². The Hall–Kier alpha value is -0.300. The van der Waals surface area contributed by atoms with E-state index < -0.39 is 0 Å². The lowest BCUT2D eigenvalue weighted by molar-refractivity contribution is 0.500. The van der Waals surface area contributed by atoms with Crippen molar-refractivity contribution in [3.63, 3.8) is 0 Å². The van der Waals surface area contributed by atoms with Crippen LogP contribution in [0.4, 0.5) is 0 Å². The number of hydrogen-bond acceptors (Lipinski definition) is 1. The smallest absolute Gasteiger partial charge is 0.0300 e. The fourth-order valence-corrected chi connectivity index (χ4v) is 1.40. The molecule has 1 heteroatoms. The molecule has 1 rings (SSSR count). The molecule has 0 aliphatic carbocycles. The minimum Gasteiger partial charge on any atom is -0.310 e. The van der Waals surface area contributed by atoms with Gasteiger partial charge in [0.15, 0.2) is 0 Å². The molecule has 1 nitrogen and oxygen atoms in total. The van der Waals surface area contributed by atoms with Crippen molar-refractivity contribution >= 4 is 0 Å². The molecule has 1 aliphatic rings. The Morgan fingerprint density at radius 3 is 2.56 bits per heavy atom. The largest absolute Gasteiger partial charge is 0.310 e. The number of nitrogens with one attached hydrogen (secondary N) is 1. The van der Waals surface area contributed by atoms with Gasteiger partial charge in [-0.1, -0.05) is 26.0 Å². The first-order chi connectivity index (χ1) is 4.22. The van der Waals surface area contributed by atoms with Gasteiger partial charge in [0.05, 0.1) is 0 Å². The molecule has 52 valence electrons. The summed E-state index contributed by atoms with van der Waals surface area (Å²) < 4.78 is 0. The van der Waals surface area contributed by atoms with Crippen molar-refractivity contribution in [1.82, 2.24) is 5.32 Å². The highest BCUT2D eigenvalue weighted by Crippen LogP contribution is 2.18. The molecule has 0 unspecified atom stereocenters. The van der Waals surface area contributed by atoms with Crippen LogP contribution in [-0.2, 0) is 0 Å². The molecular weight excluding hydrogens is 110 g/mol. The second kappa shape index (κ2) is 2.53. The van der Waals surface area contributed by atoms with Crippen molar-refractivity contribution < 1.29 is 0 Å². The molecule has 0 radical (unpaired) electrons. The van der Waals surface area contributed by atoms with Crippen molar-refractivity contribution in [3.05, 3.63) is 12.2 Å². The fraction of sp³-hybridized carbons (Fsp3) is 0.750. The lowest BCUT2D eigenvalue weighted by Crippen LogP contribution is -2.27. The molecule has 0 saturated carbocycles. The summed E-state index contributed by atoms with van der Waals surface area (Å²) in [6, 6.07) is 0.588. The summed E-state index contributed by atoms with van der Waals surface area (Å²) in [6.07, 6.45) is 1.17. The van der Waals surface area contributed by atoms with Crippen LogP contribution >= 0.6 is 0 Å². The molecule has 1 saturated heterocycles. The van der Waals surface area contributed by atoms with E-state index in [1.807, 2.05) is 0 Å². The predicted octanol–water partition coefficient (Wildman–Crippen LogP) is 1.56. The zero-order valence-electron chi connectivity index (χ0n) is 6.28. The van der Waals surface area contributed by atoms with Crippen LogP contribution in [0.15, 0.2) is 12.2 Å². The van der Waals surface area contributed by atoms with Gasteiger partial charge in [-0.25, -0.2) is 0 Å². The highest BCUT2D eigenvalue weighted by molar-refractivity contribution is 5.11. The molecule has 0 amide bonds. The summed E-state index contributed by atoms with van der Waals surface area (Å²) in [6.45, 7) is 9.58. The Kier molecular flexibility index (Phi) is 1.91. The summed E-state index contributed by atoms with van der Waals surface area (Å²) in [5, 5.41) is 3.41. The quantitative estimate of drug-likeness (QED) is 0.524. The van der Waals surface area contributed by atoms with Crippen LogP contribution in [0.2, 0.25) is 0 Å². The molecule has 0 spiro atoms. The molecule has 0 aromatic heterocycles. The van der Waals surface area contributed by atoms with Crippen LogP contribution in [0, 0.1) is 5.92 Å². The summed E-state index contributed by atoms with van der Waals surface area (Å²) in [5.74, 6) is 0.708. The number of hydrogen-bond donors (Lipinski definition) is 1. The van der Waals surface area contributed by atoms with Gasteiger partial charge in [0.2, 0.25) is 0 Å². The normalized spacial score (nSPS) is 27.9. The van der Waals surface area contributed by atoms with Crippen molar-refractivity contribution in [2.75, 3.05) is 6.54 Å². The van der Waals surface area contributed by atoms with Gasteiger partial charge in [-0.15, -0.1) is 0 Å². The van der Waals surface area contributed by atoms with Crippen molar-refractivity contribution in [2.24, 2.45) is 5.92 Å². The van der Waals surface area contributed by atoms with Gasteiger partial charge in [-0.05, 0) is 18.9 Å². The van der Waals surface area contributed by atoms with Crippen molar-refractivity contribution in [1.29, 1.82) is 0 Å². The topological polar surface area (TPSA) is 12.0 Å². The highest BCUT2D eigenvalue weighted by atomic mass is 14.9. The van der Waals surface area contributed by atoms with E-state index in [1.165, 1.54) is 12.0 Å². The Balaban J connectivity index is 2.49. The third-order valence-corrected chi connectivity index (χ3v) is 1.92. The van der Waals surface area contributed by atoms with E-state index in [0.29, 0.717) is 12.0 Å². The summed E-state index contributed by atoms with van der Waals surface area (Å²) >= 11 is 0. The SMILES string of the molecule is C=C1CCN[C@@H]1C(C)C. The first-order valence-electron chi connectivity index (χ1n) is 3.63. The Labute approximate surface area is 57.1 Å². The molecule has 1 heterocycles. The third-order valence-electron chi connectivity index (χ3n) is 1.92. The Morgan fingerprint density at radius 2 is 2.33 bits per heavy atom. The van der Waals surface area contributed by atoms with E-state index in [0.717, 1.165) is 6.54 Å². The lowest BCUT2D eigenvalue weighted by atomic mass is 9.99. The Morgan fingerprint density at radius 1 is 1.67 bits per heavy atom. The van der Waals surface area contributed by atoms with Gasteiger partial charge < -0.3 is 5.32 Å². The monoisotopic (exact) mass is 125 g/mol. The summed E-state index contributed by atoms with van der Waals surface area (Å²) in [5.41, 5.74) is 1.38. The molecule has 1 fully saturated rings. The fourth-order valence-electron chi connectivity index (χ4n) is 1.40. The zero-order valence-corrected chi connectivity index (χ0v) is 6.28. The van der Waals surface area contributed by atoms with Gasteiger partial charge in [-0.2, -0.15) is 0 Å². The lowest BCUT2D eigenvalue weighted by Gasteiger charge is -2.15. The van der Waals surface area contributed by atoms with Crippen LogP contribution in [0.3, 0.4) is 0 Å². The third kappa shape index (κ3) is 1.33. The van der Waals surface area contributed by atoms with E-state index in [4.69, 9.17) is 0 Å². The molecule has 0 bridgehead atoms. The van der Waals surface area contributed by atoms with Gasteiger partial charge >= 0.3 is 0 Å². The molecule has 0 aromatic rings. The summed E-state index contributed by atoms with van der Waals surface area (Å²) in [7, 11) is 0. The van der Waals surface area contributed by atoms with Crippen LogP contribution in [0.25, 0.3) is 0 Å². The van der Waals surface area contributed by atoms with E-state index in [2.05, 4.69) is 25.7 Å². The minimum atomic E-state index is 0.588. The van der Waals surface area contributed by atoms with Gasteiger partial charge in [0.1, 0.15) is 0 Å².